The van der Waals surface area contributed by atoms with Gasteiger partial charge in [0.15, 0.2) is 5.16 Å². The van der Waals surface area contributed by atoms with Crippen molar-refractivity contribution in [3.05, 3.63) is 70.4 Å². The fraction of sp³-hybridized carbons (Fsp3) is 0.333. The molecule has 1 fully saturated rings. The van der Waals surface area contributed by atoms with Gasteiger partial charge in [0.05, 0.1) is 16.8 Å². The third-order valence-electron chi connectivity index (χ3n) is 6.22. The van der Waals surface area contributed by atoms with E-state index in [1.54, 1.807) is 0 Å². The first kappa shape index (κ1) is 21.5. The summed E-state index contributed by atoms with van der Waals surface area (Å²) in [4.78, 5) is 30.2. The van der Waals surface area contributed by atoms with E-state index in [1.807, 2.05) is 57.4 Å². The highest BCUT2D eigenvalue weighted by molar-refractivity contribution is 7.99. The van der Waals surface area contributed by atoms with Gasteiger partial charge in [-0.25, -0.2) is 4.79 Å². The van der Waals surface area contributed by atoms with Crippen LogP contribution in [0, 0.1) is 13.8 Å². The zero-order chi connectivity index (χ0) is 22.9. The van der Waals surface area contributed by atoms with Crippen molar-refractivity contribution in [1.29, 1.82) is 0 Å². The lowest BCUT2D eigenvalue weighted by molar-refractivity contribution is -0.129. The fourth-order valence-corrected chi connectivity index (χ4v) is 5.36. The summed E-state index contributed by atoms with van der Waals surface area (Å²) in [5.41, 5.74) is 3.87. The van der Waals surface area contributed by atoms with Crippen LogP contribution in [0.4, 0.5) is 0 Å². The number of aryl methyl sites for hydroxylation is 2. The van der Waals surface area contributed by atoms with Crippen LogP contribution in [0.5, 0.6) is 0 Å². The molecule has 1 aliphatic heterocycles. The summed E-state index contributed by atoms with van der Waals surface area (Å²) in [6.07, 6.45) is 1.52. The number of hydrogen-bond donors (Lipinski definition) is 1. The monoisotopic (exact) mass is 462 g/mol. The number of para-hydroxylation sites is 2. The standard InChI is InChI=1S/C24H26N6O2S/c1-16-7-9-18(10-8-16)29-17(2)26-27-24(29)33-15-22(31)28-13-11-19(12-14-28)30-21-6-4-3-5-20(21)25-23(30)32/h3-10,19H,11-15H2,1-2H3,(H,25,32). The molecule has 1 amide bonds. The van der Waals surface area contributed by atoms with Crippen LogP contribution in [0.3, 0.4) is 0 Å². The van der Waals surface area contributed by atoms with Crippen molar-refractivity contribution in [3.63, 3.8) is 0 Å². The molecule has 0 spiro atoms. The number of imidazole rings is 1. The predicted octanol–water partition coefficient (Wildman–Crippen LogP) is 3.48. The van der Waals surface area contributed by atoms with Crippen LogP contribution in [0.15, 0.2) is 58.5 Å². The molecular weight excluding hydrogens is 436 g/mol. The second-order valence-electron chi connectivity index (χ2n) is 8.42. The number of benzene rings is 2. The first-order valence-corrected chi connectivity index (χ1v) is 12.1. The number of nitrogens with zero attached hydrogens (tertiary/aromatic N) is 5. The fourth-order valence-electron chi connectivity index (χ4n) is 4.46. The molecule has 170 valence electrons. The second kappa shape index (κ2) is 8.90. The van der Waals surface area contributed by atoms with Gasteiger partial charge in [0.1, 0.15) is 5.82 Å². The minimum Gasteiger partial charge on any atom is -0.342 e. The summed E-state index contributed by atoms with van der Waals surface area (Å²) in [6.45, 7) is 5.24. The van der Waals surface area contributed by atoms with Gasteiger partial charge in [0, 0.05) is 24.8 Å². The smallest absolute Gasteiger partial charge is 0.326 e. The van der Waals surface area contributed by atoms with E-state index in [1.165, 1.54) is 17.3 Å². The zero-order valence-corrected chi connectivity index (χ0v) is 19.5. The van der Waals surface area contributed by atoms with E-state index in [0.717, 1.165) is 35.4 Å². The van der Waals surface area contributed by atoms with Gasteiger partial charge in [-0.15, -0.1) is 10.2 Å². The van der Waals surface area contributed by atoms with E-state index in [4.69, 9.17) is 0 Å². The van der Waals surface area contributed by atoms with Crippen LogP contribution in [0.25, 0.3) is 16.7 Å². The van der Waals surface area contributed by atoms with E-state index >= 15 is 0 Å². The maximum atomic E-state index is 12.9. The number of fused-ring (bicyclic) bond motifs is 1. The van der Waals surface area contributed by atoms with Crippen molar-refractivity contribution >= 4 is 28.7 Å². The number of aromatic amines is 1. The van der Waals surface area contributed by atoms with Crippen LogP contribution < -0.4 is 5.69 Å². The summed E-state index contributed by atoms with van der Waals surface area (Å²) < 4.78 is 3.83. The Morgan fingerprint density at radius 3 is 2.55 bits per heavy atom. The number of carbonyl (C=O) groups excluding carboxylic acids is 1. The molecule has 8 nitrogen and oxygen atoms in total. The SMILES string of the molecule is Cc1ccc(-n2c(C)nnc2SCC(=O)N2CCC(n3c(=O)[nH]c4ccccc43)CC2)cc1. The van der Waals surface area contributed by atoms with Crippen molar-refractivity contribution in [2.45, 2.75) is 37.9 Å². The number of nitrogens with one attached hydrogen (secondary N) is 1. The Morgan fingerprint density at radius 1 is 1.06 bits per heavy atom. The van der Waals surface area contributed by atoms with Crippen LogP contribution in [-0.4, -0.2) is 54.0 Å². The molecule has 0 unspecified atom stereocenters. The van der Waals surface area contributed by atoms with Gasteiger partial charge < -0.3 is 9.88 Å². The molecule has 2 aromatic heterocycles. The van der Waals surface area contributed by atoms with Gasteiger partial charge in [0.2, 0.25) is 5.91 Å². The average molecular weight is 463 g/mol. The Balaban J connectivity index is 1.23. The molecule has 0 atom stereocenters. The molecule has 0 aliphatic carbocycles. The molecule has 2 aromatic carbocycles. The molecule has 0 bridgehead atoms. The van der Waals surface area contributed by atoms with E-state index < -0.39 is 0 Å². The molecular formula is C24H26N6O2S. The van der Waals surface area contributed by atoms with E-state index in [2.05, 4.69) is 34.2 Å². The lowest BCUT2D eigenvalue weighted by atomic mass is 10.0. The number of likely N-dealkylation sites (tertiary alicyclic amines) is 1. The Labute approximate surface area is 195 Å². The maximum Gasteiger partial charge on any atom is 0.326 e. The summed E-state index contributed by atoms with van der Waals surface area (Å²) in [5, 5.41) is 9.20. The second-order valence-corrected chi connectivity index (χ2v) is 9.36. The summed E-state index contributed by atoms with van der Waals surface area (Å²) >= 11 is 1.41. The number of aromatic nitrogens is 5. The Hall–Kier alpha value is -3.33. The maximum absolute atomic E-state index is 12.9. The number of thioether (sulfide) groups is 1. The van der Waals surface area contributed by atoms with Gasteiger partial charge in [-0.05, 0) is 51.0 Å². The molecule has 4 aromatic rings. The molecule has 3 heterocycles. The van der Waals surface area contributed by atoms with E-state index in [-0.39, 0.29) is 17.6 Å². The van der Waals surface area contributed by atoms with E-state index in [0.29, 0.717) is 24.0 Å². The summed E-state index contributed by atoms with van der Waals surface area (Å²) in [5.74, 6) is 1.18. The lowest BCUT2D eigenvalue weighted by Gasteiger charge is -2.32. The summed E-state index contributed by atoms with van der Waals surface area (Å²) in [7, 11) is 0. The Bertz CT molecular complexity index is 1350. The Morgan fingerprint density at radius 2 is 1.79 bits per heavy atom. The van der Waals surface area contributed by atoms with Gasteiger partial charge in [0.25, 0.3) is 0 Å². The minimum atomic E-state index is -0.0812. The molecule has 1 N–H and O–H groups in total. The number of rotatable bonds is 5. The van der Waals surface area contributed by atoms with E-state index in [9.17, 15) is 9.59 Å². The van der Waals surface area contributed by atoms with Crippen molar-refractivity contribution in [2.24, 2.45) is 0 Å². The van der Waals surface area contributed by atoms with Crippen molar-refractivity contribution < 1.29 is 4.79 Å². The van der Waals surface area contributed by atoms with Gasteiger partial charge in [-0.1, -0.05) is 41.6 Å². The quantitative estimate of drug-likeness (QED) is 0.459. The molecule has 0 radical (unpaired) electrons. The van der Waals surface area contributed by atoms with Gasteiger partial charge in [-0.3, -0.25) is 13.9 Å². The number of piperidine rings is 1. The van der Waals surface area contributed by atoms with Crippen LogP contribution >= 0.6 is 11.8 Å². The number of H-pyrrole nitrogens is 1. The molecule has 1 aliphatic rings. The largest absolute Gasteiger partial charge is 0.342 e. The van der Waals surface area contributed by atoms with Crippen LogP contribution in [0.2, 0.25) is 0 Å². The van der Waals surface area contributed by atoms with Crippen molar-refractivity contribution in [2.75, 3.05) is 18.8 Å². The summed E-state index contributed by atoms with van der Waals surface area (Å²) in [6, 6.07) is 16.0. The average Bonchev–Trinajstić information content (AvgIpc) is 3.36. The molecule has 0 saturated carbocycles. The molecule has 9 heteroatoms. The number of carbonyl (C=O) groups is 1. The van der Waals surface area contributed by atoms with Crippen molar-refractivity contribution in [3.8, 4) is 5.69 Å². The van der Waals surface area contributed by atoms with Crippen LogP contribution in [-0.2, 0) is 4.79 Å². The third kappa shape index (κ3) is 4.20. The van der Waals surface area contributed by atoms with Crippen LogP contribution in [0.1, 0.15) is 30.3 Å². The topological polar surface area (TPSA) is 88.8 Å². The highest BCUT2D eigenvalue weighted by Crippen LogP contribution is 2.27. The lowest BCUT2D eigenvalue weighted by Crippen LogP contribution is -2.41. The van der Waals surface area contributed by atoms with Crippen molar-refractivity contribution in [1.82, 2.24) is 29.2 Å². The third-order valence-corrected chi connectivity index (χ3v) is 7.13. The normalized spacial score (nSPS) is 14.8. The predicted molar refractivity (Wildman–Crippen MR) is 129 cm³/mol. The highest BCUT2D eigenvalue weighted by atomic mass is 32.2. The van der Waals surface area contributed by atoms with Gasteiger partial charge >= 0.3 is 5.69 Å². The molecule has 33 heavy (non-hydrogen) atoms. The molecule has 1 saturated heterocycles. The van der Waals surface area contributed by atoms with Gasteiger partial charge in [-0.2, -0.15) is 0 Å². The zero-order valence-electron chi connectivity index (χ0n) is 18.7. The number of amides is 1. The Kier molecular flexibility index (Phi) is 5.80. The molecule has 5 rings (SSSR count). The highest BCUT2D eigenvalue weighted by Gasteiger charge is 2.26. The minimum absolute atomic E-state index is 0.0812. The number of hydrogen-bond acceptors (Lipinski definition) is 5. The first-order chi connectivity index (χ1) is 16.0. The first-order valence-electron chi connectivity index (χ1n) is 11.1.